The van der Waals surface area contributed by atoms with Crippen LogP contribution in [0.2, 0.25) is 0 Å². The third-order valence-electron chi connectivity index (χ3n) is 1.73. The number of ether oxygens (including phenoxy) is 1. The maximum absolute atomic E-state index is 9.30. The molecule has 0 fully saturated rings. The van der Waals surface area contributed by atoms with Crippen LogP contribution >= 0.6 is 15.9 Å². The summed E-state index contributed by atoms with van der Waals surface area (Å²) in [5.41, 5.74) is 0. The highest BCUT2D eigenvalue weighted by molar-refractivity contribution is 9.10. The van der Waals surface area contributed by atoms with E-state index in [1.807, 2.05) is 24.3 Å². The Bertz CT molecular complexity index is 278. The molecule has 0 bridgehead atoms. The SMILES string of the molecule is OCCC(O)COc1ccccc1Br. The van der Waals surface area contributed by atoms with E-state index in [-0.39, 0.29) is 13.2 Å². The van der Waals surface area contributed by atoms with Crippen LogP contribution in [0.1, 0.15) is 6.42 Å². The quantitative estimate of drug-likeness (QED) is 0.845. The minimum atomic E-state index is -0.618. The number of hydrogen-bond acceptors (Lipinski definition) is 3. The Labute approximate surface area is 91.5 Å². The molecule has 1 rings (SSSR count). The van der Waals surface area contributed by atoms with E-state index in [9.17, 15) is 5.11 Å². The monoisotopic (exact) mass is 260 g/mol. The molecule has 1 aromatic rings. The summed E-state index contributed by atoms with van der Waals surface area (Å²) in [4.78, 5) is 0. The fourth-order valence-electron chi connectivity index (χ4n) is 0.980. The van der Waals surface area contributed by atoms with Crippen LogP contribution < -0.4 is 4.74 Å². The van der Waals surface area contributed by atoms with Crippen molar-refractivity contribution in [2.75, 3.05) is 13.2 Å². The Balaban J connectivity index is 2.41. The fourth-order valence-corrected chi connectivity index (χ4v) is 1.38. The lowest BCUT2D eigenvalue weighted by molar-refractivity contribution is 0.0818. The van der Waals surface area contributed by atoms with Crippen LogP contribution in [0, 0.1) is 0 Å². The van der Waals surface area contributed by atoms with Gasteiger partial charge in [0.25, 0.3) is 0 Å². The average Bonchev–Trinajstić information content (AvgIpc) is 2.17. The first kappa shape index (κ1) is 11.5. The zero-order valence-corrected chi connectivity index (χ0v) is 9.27. The molecule has 1 unspecified atom stereocenters. The third-order valence-corrected chi connectivity index (χ3v) is 2.39. The molecule has 0 amide bonds. The third kappa shape index (κ3) is 3.65. The topological polar surface area (TPSA) is 49.7 Å². The zero-order chi connectivity index (χ0) is 10.4. The predicted octanol–water partition coefficient (Wildman–Crippen LogP) is 1.57. The Kier molecular flexibility index (Phi) is 4.93. The van der Waals surface area contributed by atoms with Crippen molar-refractivity contribution in [3.8, 4) is 5.75 Å². The van der Waals surface area contributed by atoms with Gasteiger partial charge in [-0.1, -0.05) is 12.1 Å². The van der Waals surface area contributed by atoms with Gasteiger partial charge in [0, 0.05) is 6.61 Å². The van der Waals surface area contributed by atoms with Crippen LogP contribution in [0.4, 0.5) is 0 Å². The first-order valence-electron chi connectivity index (χ1n) is 4.40. The molecule has 0 saturated heterocycles. The molecule has 78 valence electrons. The van der Waals surface area contributed by atoms with E-state index in [0.717, 1.165) is 4.47 Å². The molecule has 1 atom stereocenters. The van der Waals surface area contributed by atoms with Crippen LogP contribution in [0.5, 0.6) is 5.75 Å². The van der Waals surface area contributed by atoms with E-state index in [1.165, 1.54) is 0 Å². The number of aliphatic hydroxyl groups excluding tert-OH is 2. The molecule has 4 heteroatoms. The van der Waals surface area contributed by atoms with Crippen molar-refractivity contribution in [1.29, 1.82) is 0 Å². The van der Waals surface area contributed by atoms with Gasteiger partial charge >= 0.3 is 0 Å². The highest BCUT2D eigenvalue weighted by Gasteiger charge is 2.05. The van der Waals surface area contributed by atoms with Crippen molar-refractivity contribution in [3.63, 3.8) is 0 Å². The lowest BCUT2D eigenvalue weighted by Gasteiger charge is -2.11. The summed E-state index contributed by atoms with van der Waals surface area (Å²) in [6.45, 7) is 0.170. The minimum absolute atomic E-state index is 0.0273. The smallest absolute Gasteiger partial charge is 0.133 e. The Morgan fingerprint density at radius 1 is 1.36 bits per heavy atom. The summed E-state index contributed by atoms with van der Waals surface area (Å²) in [5, 5.41) is 17.9. The van der Waals surface area contributed by atoms with Gasteiger partial charge in [-0.3, -0.25) is 0 Å². The molecule has 1 aromatic carbocycles. The number of para-hydroxylation sites is 1. The molecule has 0 aromatic heterocycles. The highest BCUT2D eigenvalue weighted by atomic mass is 79.9. The van der Waals surface area contributed by atoms with Crippen molar-refractivity contribution in [2.45, 2.75) is 12.5 Å². The van der Waals surface area contributed by atoms with Crippen molar-refractivity contribution < 1.29 is 14.9 Å². The maximum atomic E-state index is 9.30. The van der Waals surface area contributed by atoms with E-state index >= 15 is 0 Å². The molecular weight excluding hydrogens is 248 g/mol. The van der Waals surface area contributed by atoms with Crippen LogP contribution in [-0.4, -0.2) is 29.5 Å². The molecule has 0 heterocycles. The molecule has 14 heavy (non-hydrogen) atoms. The second-order valence-corrected chi connectivity index (χ2v) is 3.76. The molecule has 0 aliphatic rings. The van der Waals surface area contributed by atoms with Gasteiger partial charge in [-0.15, -0.1) is 0 Å². The van der Waals surface area contributed by atoms with E-state index in [1.54, 1.807) is 0 Å². The summed E-state index contributed by atoms with van der Waals surface area (Å²) in [6.07, 6.45) is -0.281. The average molecular weight is 261 g/mol. The summed E-state index contributed by atoms with van der Waals surface area (Å²) in [6, 6.07) is 7.43. The largest absolute Gasteiger partial charge is 0.490 e. The summed E-state index contributed by atoms with van der Waals surface area (Å²) in [5.74, 6) is 0.699. The van der Waals surface area contributed by atoms with Gasteiger partial charge in [0.1, 0.15) is 12.4 Å². The van der Waals surface area contributed by atoms with E-state index in [4.69, 9.17) is 9.84 Å². The standard InChI is InChI=1S/C10H13BrO3/c11-9-3-1-2-4-10(9)14-7-8(13)5-6-12/h1-4,8,12-13H,5-7H2. The second kappa shape index (κ2) is 6.01. The highest BCUT2D eigenvalue weighted by Crippen LogP contribution is 2.23. The Hall–Kier alpha value is -0.580. The molecule has 3 nitrogen and oxygen atoms in total. The number of rotatable bonds is 5. The van der Waals surface area contributed by atoms with Gasteiger partial charge in [0.15, 0.2) is 0 Å². The van der Waals surface area contributed by atoms with Crippen LogP contribution in [0.25, 0.3) is 0 Å². The maximum Gasteiger partial charge on any atom is 0.133 e. The van der Waals surface area contributed by atoms with Gasteiger partial charge in [-0.2, -0.15) is 0 Å². The van der Waals surface area contributed by atoms with Crippen LogP contribution in [0.15, 0.2) is 28.7 Å². The molecular formula is C10H13BrO3. The first-order chi connectivity index (χ1) is 6.74. The molecule has 0 aliphatic carbocycles. The minimum Gasteiger partial charge on any atom is -0.490 e. The lowest BCUT2D eigenvalue weighted by atomic mass is 10.3. The summed E-state index contributed by atoms with van der Waals surface area (Å²) in [7, 11) is 0. The van der Waals surface area contributed by atoms with E-state index in [0.29, 0.717) is 12.2 Å². The molecule has 0 aliphatic heterocycles. The number of benzene rings is 1. The van der Waals surface area contributed by atoms with Gasteiger partial charge in [0.05, 0.1) is 10.6 Å². The number of halogens is 1. The zero-order valence-electron chi connectivity index (χ0n) is 7.69. The van der Waals surface area contributed by atoms with Gasteiger partial charge in [-0.05, 0) is 34.5 Å². The summed E-state index contributed by atoms with van der Waals surface area (Å²) < 4.78 is 6.20. The molecule has 2 N–H and O–H groups in total. The van der Waals surface area contributed by atoms with Crippen molar-refractivity contribution in [2.24, 2.45) is 0 Å². The molecule has 0 spiro atoms. The normalized spacial score (nSPS) is 12.5. The van der Waals surface area contributed by atoms with Crippen molar-refractivity contribution in [1.82, 2.24) is 0 Å². The van der Waals surface area contributed by atoms with Crippen LogP contribution in [-0.2, 0) is 0 Å². The molecule has 0 radical (unpaired) electrons. The Morgan fingerprint density at radius 3 is 2.71 bits per heavy atom. The van der Waals surface area contributed by atoms with Gasteiger partial charge in [-0.25, -0.2) is 0 Å². The second-order valence-electron chi connectivity index (χ2n) is 2.91. The predicted molar refractivity (Wildman–Crippen MR) is 57.3 cm³/mol. The van der Waals surface area contributed by atoms with Crippen molar-refractivity contribution >= 4 is 15.9 Å². The Morgan fingerprint density at radius 2 is 2.07 bits per heavy atom. The lowest BCUT2D eigenvalue weighted by Crippen LogP contribution is -2.18. The van der Waals surface area contributed by atoms with E-state index < -0.39 is 6.10 Å². The fraction of sp³-hybridized carbons (Fsp3) is 0.400. The molecule has 0 saturated carbocycles. The first-order valence-corrected chi connectivity index (χ1v) is 5.19. The van der Waals surface area contributed by atoms with Gasteiger partial charge in [0.2, 0.25) is 0 Å². The summed E-state index contributed by atoms with van der Waals surface area (Å²) >= 11 is 3.33. The number of aliphatic hydroxyl groups is 2. The van der Waals surface area contributed by atoms with Gasteiger partial charge < -0.3 is 14.9 Å². The van der Waals surface area contributed by atoms with Crippen LogP contribution in [0.3, 0.4) is 0 Å². The number of hydrogen-bond donors (Lipinski definition) is 2. The van der Waals surface area contributed by atoms with Crippen molar-refractivity contribution in [3.05, 3.63) is 28.7 Å². The van der Waals surface area contributed by atoms with E-state index in [2.05, 4.69) is 15.9 Å².